The molecule has 1 heterocycles. The number of hydrogen-bond donors (Lipinski definition) is 0. The lowest BCUT2D eigenvalue weighted by molar-refractivity contribution is -0.141. The molecule has 0 N–H and O–H groups in total. The third-order valence-corrected chi connectivity index (χ3v) is 2.09. The first-order valence-electron chi connectivity index (χ1n) is 4.43. The van der Waals surface area contributed by atoms with Gasteiger partial charge in [0.15, 0.2) is 5.69 Å². The van der Waals surface area contributed by atoms with Crippen molar-refractivity contribution in [1.82, 2.24) is 9.78 Å². The molecule has 2 rings (SSSR count). The molecule has 0 unspecified atom stereocenters. The average molecular weight is 225 g/mol. The topological polar surface area (TPSA) is 41.6 Å². The fourth-order valence-corrected chi connectivity index (χ4v) is 1.50. The van der Waals surface area contributed by atoms with Crippen molar-refractivity contribution in [2.75, 3.05) is 0 Å². The van der Waals surface area contributed by atoms with E-state index >= 15 is 0 Å². The number of rotatable bonds is 1. The van der Waals surface area contributed by atoms with Crippen LogP contribution < -0.4 is 0 Å². The fraction of sp³-hybridized carbons (Fsp3) is 0.200. The summed E-state index contributed by atoms with van der Waals surface area (Å²) in [7, 11) is 0. The molecule has 0 aliphatic rings. The molecule has 0 spiro atoms. The normalized spacial score (nSPS) is 11.6. The Morgan fingerprint density at radius 1 is 1.31 bits per heavy atom. The third-order valence-electron chi connectivity index (χ3n) is 2.09. The Morgan fingerprint density at radius 2 is 2.00 bits per heavy atom. The van der Waals surface area contributed by atoms with E-state index in [1.807, 2.05) is 0 Å². The summed E-state index contributed by atoms with van der Waals surface area (Å²) in [5.41, 5.74) is 0.330. The smallest absolute Gasteiger partial charge is 0.254 e. The molecule has 0 radical (unpaired) electrons. The number of nitrogens with zero attached hydrogens (tertiary/aromatic N) is 3. The van der Waals surface area contributed by atoms with Gasteiger partial charge in [0.2, 0.25) is 0 Å². The SMILES string of the molecule is N#Cc1nn(CC(F)(F)F)c2ccccc12. The predicted molar refractivity (Wildman–Crippen MR) is 50.5 cm³/mol. The number of hydrogen-bond acceptors (Lipinski definition) is 2. The molecule has 0 atom stereocenters. The van der Waals surface area contributed by atoms with E-state index in [0.717, 1.165) is 4.68 Å². The Kier molecular flexibility index (Phi) is 2.31. The van der Waals surface area contributed by atoms with Gasteiger partial charge in [-0.2, -0.15) is 23.5 Å². The molecule has 2 aromatic rings. The molecular formula is C10H6F3N3. The summed E-state index contributed by atoms with van der Waals surface area (Å²) in [4.78, 5) is 0. The zero-order chi connectivity index (χ0) is 11.8. The van der Waals surface area contributed by atoms with Gasteiger partial charge in [0, 0.05) is 5.39 Å². The molecule has 6 heteroatoms. The van der Waals surface area contributed by atoms with Crippen molar-refractivity contribution < 1.29 is 13.2 Å². The molecule has 1 aromatic heterocycles. The third kappa shape index (κ3) is 1.84. The van der Waals surface area contributed by atoms with E-state index in [1.165, 1.54) is 6.07 Å². The number of fused-ring (bicyclic) bond motifs is 1. The van der Waals surface area contributed by atoms with Crippen LogP contribution in [0, 0.1) is 11.3 Å². The summed E-state index contributed by atoms with van der Waals surface area (Å²) < 4.78 is 37.5. The number of benzene rings is 1. The van der Waals surface area contributed by atoms with Crippen LogP contribution in [0.3, 0.4) is 0 Å². The van der Waals surface area contributed by atoms with Crippen LogP contribution in [0.5, 0.6) is 0 Å². The average Bonchev–Trinajstić information content (AvgIpc) is 2.55. The number of para-hydroxylation sites is 1. The lowest BCUT2D eigenvalue weighted by Crippen LogP contribution is -2.18. The number of nitriles is 1. The highest BCUT2D eigenvalue weighted by Crippen LogP contribution is 2.23. The highest BCUT2D eigenvalue weighted by molar-refractivity contribution is 5.84. The molecule has 0 aliphatic carbocycles. The standard InChI is InChI=1S/C10H6F3N3/c11-10(12,13)6-16-9-4-2-1-3-7(9)8(5-14)15-16/h1-4H,6H2. The summed E-state index contributed by atoms with van der Waals surface area (Å²) in [6.07, 6.45) is -4.35. The van der Waals surface area contributed by atoms with Crippen LogP contribution in [0.15, 0.2) is 24.3 Å². The van der Waals surface area contributed by atoms with E-state index in [1.54, 1.807) is 24.3 Å². The lowest BCUT2D eigenvalue weighted by Gasteiger charge is -2.06. The first kappa shape index (κ1) is 10.5. The second-order valence-corrected chi connectivity index (χ2v) is 3.25. The van der Waals surface area contributed by atoms with Crippen molar-refractivity contribution in [2.45, 2.75) is 12.7 Å². The minimum atomic E-state index is -4.35. The molecular weight excluding hydrogens is 219 g/mol. The first-order chi connectivity index (χ1) is 7.51. The maximum absolute atomic E-state index is 12.2. The quantitative estimate of drug-likeness (QED) is 0.748. The molecule has 0 saturated carbocycles. The van der Waals surface area contributed by atoms with Crippen molar-refractivity contribution >= 4 is 10.9 Å². The fourth-order valence-electron chi connectivity index (χ4n) is 1.50. The predicted octanol–water partition coefficient (Wildman–Crippen LogP) is 2.47. The van der Waals surface area contributed by atoms with Crippen molar-refractivity contribution in [3.05, 3.63) is 30.0 Å². The monoisotopic (exact) mass is 225 g/mol. The van der Waals surface area contributed by atoms with Crippen molar-refractivity contribution in [3.8, 4) is 6.07 Å². The van der Waals surface area contributed by atoms with Crippen LogP contribution in [0.1, 0.15) is 5.69 Å². The van der Waals surface area contributed by atoms with Gasteiger partial charge in [-0.05, 0) is 12.1 Å². The first-order valence-corrected chi connectivity index (χ1v) is 4.43. The van der Waals surface area contributed by atoms with E-state index in [4.69, 9.17) is 5.26 Å². The molecule has 3 nitrogen and oxygen atoms in total. The molecule has 0 fully saturated rings. The Hall–Kier alpha value is -2.03. The minimum absolute atomic E-state index is 0.0138. The van der Waals surface area contributed by atoms with Crippen LogP contribution in [-0.2, 0) is 6.54 Å². The number of alkyl halides is 3. The Morgan fingerprint density at radius 3 is 2.62 bits per heavy atom. The second-order valence-electron chi connectivity index (χ2n) is 3.25. The highest BCUT2D eigenvalue weighted by Gasteiger charge is 2.29. The maximum Gasteiger partial charge on any atom is 0.408 e. The molecule has 0 aliphatic heterocycles. The van der Waals surface area contributed by atoms with Gasteiger partial charge in [-0.25, -0.2) is 0 Å². The zero-order valence-corrected chi connectivity index (χ0v) is 7.99. The molecule has 0 bridgehead atoms. The van der Waals surface area contributed by atoms with E-state index in [-0.39, 0.29) is 5.69 Å². The van der Waals surface area contributed by atoms with Crippen LogP contribution in [0.25, 0.3) is 10.9 Å². The number of aromatic nitrogens is 2. The van der Waals surface area contributed by atoms with Gasteiger partial charge >= 0.3 is 6.18 Å². The van der Waals surface area contributed by atoms with Crippen LogP contribution in [0.2, 0.25) is 0 Å². The van der Waals surface area contributed by atoms with Crippen molar-refractivity contribution in [2.24, 2.45) is 0 Å². The summed E-state index contributed by atoms with van der Waals surface area (Å²) in [6, 6.07) is 8.13. The minimum Gasteiger partial charge on any atom is -0.254 e. The second kappa shape index (κ2) is 3.52. The van der Waals surface area contributed by atoms with E-state index in [2.05, 4.69) is 5.10 Å². The Bertz CT molecular complexity index is 563. The summed E-state index contributed by atoms with van der Waals surface area (Å²) in [5.74, 6) is 0. The summed E-state index contributed by atoms with van der Waals surface area (Å²) in [6.45, 7) is -1.19. The van der Waals surface area contributed by atoms with E-state index < -0.39 is 12.7 Å². The Labute approximate surface area is 88.7 Å². The largest absolute Gasteiger partial charge is 0.408 e. The van der Waals surface area contributed by atoms with Crippen LogP contribution in [0.4, 0.5) is 13.2 Å². The van der Waals surface area contributed by atoms with Crippen molar-refractivity contribution in [1.29, 1.82) is 5.26 Å². The van der Waals surface area contributed by atoms with E-state index in [0.29, 0.717) is 10.9 Å². The molecule has 1 aromatic carbocycles. The summed E-state index contributed by atoms with van der Waals surface area (Å²) >= 11 is 0. The Balaban J connectivity index is 2.59. The van der Waals surface area contributed by atoms with Gasteiger partial charge in [0.25, 0.3) is 0 Å². The molecule has 0 amide bonds. The summed E-state index contributed by atoms with van der Waals surface area (Å²) in [5, 5.41) is 12.8. The molecule has 82 valence electrons. The van der Waals surface area contributed by atoms with Gasteiger partial charge < -0.3 is 0 Å². The van der Waals surface area contributed by atoms with Crippen LogP contribution >= 0.6 is 0 Å². The molecule has 16 heavy (non-hydrogen) atoms. The van der Waals surface area contributed by atoms with Crippen molar-refractivity contribution in [3.63, 3.8) is 0 Å². The van der Waals surface area contributed by atoms with Gasteiger partial charge in [0.05, 0.1) is 5.52 Å². The molecule has 0 saturated heterocycles. The van der Waals surface area contributed by atoms with Gasteiger partial charge in [-0.15, -0.1) is 0 Å². The highest BCUT2D eigenvalue weighted by atomic mass is 19.4. The van der Waals surface area contributed by atoms with Gasteiger partial charge in [-0.1, -0.05) is 12.1 Å². The zero-order valence-electron chi connectivity index (χ0n) is 7.99. The van der Waals surface area contributed by atoms with E-state index in [9.17, 15) is 13.2 Å². The van der Waals surface area contributed by atoms with Crippen LogP contribution in [-0.4, -0.2) is 16.0 Å². The van der Waals surface area contributed by atoms with Gasteiger partial charge in [0.1, 0.15) is 12.6 Å². The van der Waals surface area contributed by atoms with Gasteiger partial charge in [-0.3, -0.25) is 4.68 Å². The number of halogens is 3. The lowest BCUT2D eigenvalue weighted by atomic mass is 10.2. The maximum atomic E-state index is 12.2.